The Bertz CT molecular complexity index is 867. The molecule has 0 aromatic heterocycles. The molecule has 2 aromatic rings. The molecule has 0 N–H and O–H groups in total. The van der Waals surface area contributed by atoms with Gasteiger partial charge in [-0.1, -0.05) is 24.3 Å². The van der Waals surface area contributed by atoms with Crippen molar-refractivity contribution in [1.82, 2.24) is 0 Å². The summed E-state index contributed by atoms with van der Waals surface area (Å²) in [7, 11) is 0. The number of aliphatic imine (C=N–C) groups is 1. The Morgan fingerprint density at radius 3 is 1.93 bits per heavy atom. The molecule has 0 amide bonds. The Morgan fingerprint density at radius 1 is 0.733 bits per heavy atom. The van der Waals surface area contributed by atoms with Crippen molar-refractivity contribution in [3.63, 3.8) is 0 Å². The van der Waals surface area contributed by atoms with E-state index in [0.29, 0.717) is 5.41 Å². The van der Waals surface area contributed by atoms with Crippen molar-refractivity contribution < 1.29 is 0 Å². The van der Waals surface area contributed by atoms with Crippen molar-refractivity contribution >= 4 is 17.6 Å². The molecule has 0 spiro atoms. The highest BCUT2D eigenvalue weighted by atomic mass is 15.1. The molecule has 2 heteroatoms. The Labute approximate surface area is 181 Å². The molecule has 4 saturated carbocycles. The summed E-state index contributed by atoms with van der Waals surface area (Å²) in [5.74, 6) is 3.01. The molecular formula is C28H34N2. The number of rotatable bonds is 4. The average Bonchev–Trinajstić information content (AvgIpc) is 2.78. The topological polar surface area (TPSA) is 15.6 Å². The van der Waals surface area contributed by atoms with Crippen molar-refractivity contribution in [1.29, 1.82) is 0 Å². The fraction of sp³-hybridized carbons (Fsp3) is 0.536. The Morgan fingerprint density at radius 2 is 1.33 bits per heavy atom. The zero-order chi connectivity index (χ0) is 20.0. The summed E-state index contributed by atoms with van der Waals surface area (Å²) in [5, 5.41) is 0. The first-order valence-corrected chi connectivity index (χ1v) is 12.3. The fourth-order valence-corrected chi connectivity index (χ4v) is 7.44. The monoisotopic (exact) mass is 398 g/mol. The Hall–Kier alpha value is -2.09. The lowest BCUT2D eigenvalue weighted by Gasteiger charge is -2.57. The number of anilines is 1. The lowest BCUT2D eigenvalue weighted by Crippen LogP contribution is -2.48. The summed E-state index contributed by atoms with van der Waals surface area (Å²) in [6.45, 7) is 2.40. The van der Waals surface area contributed by atoms with Gasteiger partial charge in [0.2, 0.25) is 0 Å². The zero-order valence-corrected chi connectivity index (χ0v) is 18.1. The molecule has 7 rings (SSSR count). The SMILES string of the molecule is C(=Nc1ccc(C23CC4CC(CC(C4)C2)C3)cc1)c1ccc(N2CCCCC2)cc1. The van der Waals surface area contributed by atoms with Crippen LogP contribution >= 0.6 is 0 Å². The molecule has 30 heavy (non-hydrogen) atoms. The van der Waals surface area contributed by atoms with Gasteiger partial charge in [0.25, 0.3) is 0 Å². The van der Waals surface area contributed by atoms with Gasteiger partial charge in [-0.25, -0.2) is 0 Å². The number of hydrogen-bond donors (Lipinski definition) is 0. The first kappa shape index (κ1) is 18.7. The van der Waals surface area contributed by atoms with E-state index in [1.54, 1.807) is 5.56 Å². The first-order chi connectivity index (χ1) is 14.8. The van der Waals surface area contributed by atoms with Gasteiger partial charge in [0.05, 0.1) is 5.69 Å². The molecule has 0 unspecified atom stereocenters. The third-order valence-corrected chi connectivity index (χ3v) is 8.49. The van der Waals surface area contributed by atoms with E-state index in [1.165, 1.54) is 82.1 Å². The number of benzene rings is 2. The van der Waals surface area contributed by atoms with E-state index < -0.39 is 0 Å². The van der Waals surface area contributed by atoms with E-state index in [2.05, 4.69) is 53.4 Å². The lowest BCUT2D eigenvalue weighted by atomic mass is 9.48. The van der Waals surface area contributed by atoms with Crippen LogP contribution in [0.1, 0.15) is 68.9 Å². The number of nitrogens with zero attached hydrogens (tertiary/aromatic N) is 2. The molecule has 1 saturated heterocycles. The maximum absolute atomic E-state index is 4.77. The molecular weight excluding hydrogens is 364 g/mol. The first-order valence-electron chi connectivity index (χ1n) is 12.3. The summed E-state index contributed by atoms with van der Waals surface area (Å²) in [6, 6.07) is 18.2. The normalized spacial score (nSPS) is 32.8. The van der Waals surface area contributed by atoms with E-state index >= 15 is 0 Å². The number of hydrogen-bond acceptors (Lipinski definition) is 2. The van der Waals surface area contributed by atoms with Crippen LogP contribution in [0.25, 0.3) is 0 Å². The molecule has 0 atom stereocenters. The van der Waals surface area contributed by atoms with Crippen molar-refractivity contribution in [2.75, 3.05) is 18.0 Å². The molecule has 2 nitrogen and oxygen atoms in total. The predicted molar refractivity (Wildman–Crippen MR) is 126 cm³/mol. The maximum atomic E-state index is 4.77. The molecule has 1 heterocycles. The molecule has 2 aromatic carbocycles. The van der Waals surface area contributed by atoms with E-state index in [9.17, 15) is 0 Å². The second-order valence-corrected chi connectivity index (χ2v) is 10.6. The Kier molecular flexibility index (Phi) is 4.70. The summed E-state index contributed by atoms with van der Waals surface area (Å²) in [5.41, 5.74) is 5.68. The summed E-state index contributed by atoms with van der Waals surface area (Å²) in [4.78, 5) is 7.28. The van der Waals surface area contributed by atoms with Crippen molar-refractivity contribution in [2.45, 2.75) is 63.2 Å². The van der Waals surface area contributed by atoms with Gasteiger partial charge in [0.1, 0.15) is 0 Å². The highest BCUT2D eigenvalue weighted by Gasteiger charge is 2.51. The lowest BCUT2D eigenvalue weighted by molar-refractivity contribution is -0.00518. The van der Waals surface area contributed by atoms with Crippen LogP contribution in [0.5, 0.6) is 0 Å². The van der Waals surface area contributed by atoms with Gasteiger partial charge in [-0.05, 0) is 116 Å². The Balaban J connectivity index is 1.14. The number of piperidine rings is 1. The minimum absolute atomic E-state index is 0.487. The minimum atomic E-state index is 0.487. The van der Waals surface area contributed by atoms with Gasteiger partial charge < -0.3 is 4.90 Å². The molecule has 4 bridgehead atoms. The summed E-state index contributed by atoms with van der Waals surface area (Å²) in [6.07, 6.45) is 14.9. The predicted octanol–water partition coefficient (Wildman–Crippen LogP) is 6.90. The molecule has 1 aliphatic heterocycles. The van der Waals surface area contributed by atoms with Crippen LogP contribution in [0.4, 0.5) is 11.4 Å². The highest BCUT2D eigenvalue weighted by molar-refractivity contribution is 5.82. The quantitative estimate of drug-likeness (QED) is 0.512. The largest absolute Gasteiger partial charge is 0.372 e. The van der Waals surface area contributed by atoms with E-state index in [4.69, 9.17) is 4.99 Å². The van der Waals surface area contributed by atoms with Gasteiger partial charge in [0, 0.05) is 25.0 Å². The van der Waals surface area contributed by atoms with Crippen LogP contribution in [0, 0.1) is 17.8 Å². The molecule has 5 aliphatic rings. The van der Waals surface area contributed by atoms with Gasteiger partial charge in [-0.15, -0.1) is 0 Å². The average molecular weight is 399 g/mol. The third kappa shape index (κ3) is 3.49. The maximum Gasteiger partial charge on any atom is 0.0630 e. The summed E-state index contributed by atoms with van der Waals surface area (Å²) < 4.78 is 0. The van der Waals surface area contributed by atoms with Crippen LogP contribution in [0.15, 0.2) is 53.5 Å². The molecule has 0 radical (unpaired) electrons. The van der Waals surface area contributed by atoms with E-state index in [1.807, 2.05) is 6.21 Å². The third-order valence-electron chi connectivity index (χ3n) is 8.49. The van der Waals surface area contributed by atoms with Crippen molar-refractivity contribution in [3.8, 4) is 0 Å². The minimum Gasteiger partial charge on any atom is -0.372 e. The van der Waals surface area contributed by atoms with Crippen molar-refractivity contribution in [3.05, 3.63) is 59.7 Å². The fourth-order valence-electron chi connectivity index (χ4n) is 7.44. The zero-order valence-electron chi connectivity index (χ0n) is 18.1. The van der Waals surface area contributed by atoms with Crippen molar-refractivity contribution in [2.24, 2.45) is 22.7 Å². The summed E-state index contributed by atoms with van der Waals surface area (Å²) >= 11 is 0. The van der Waals surface area contributed by atoms with E-state index in [0.717, 1.165) is 23.4 Å². The second kappa shape index (κ2) is 7.55. The van der Waals surface area contributed by atoms with Crippen LogP contribution < -0.4 is 4.90 Å². The van der Waals surface area contributed by atoms with Crippen LogP contribution in [0.3, 0.4) is 0 Å². The van der Waals surface area contributed by atoms with Gasteiger partial charge in [-0.3, -0.25) is 4.99 Å². The van der Waals surface area contributed by atoms with Crippen LogP contribution in [-0.2, 0) is 5.41 Å². The van der Waals surface area contributed by atoms with Gasteiger partial charge in [-0.2, -0.15) is 0 Å². The smallest absolute Gasteiger partial charge is 0.0630 e. The molecule has 156 valence electrons. The van der Waals surface area contributed by atoms with Crippen LogP contribution in [0.2, 0.25) is 0 Å². The van der Waals surface area contributed by atoms with Gasteiger partial charge in [0.15, 0.2) is 0 Å². The molecule has 4 aliphatic carbocycles. The molecule has 5 fully saturated rings. The van der Waals surface area contributed by atoms with Gasteiger partial charge >= 0.3 is 0 Å². The second-order valence-electron chi connectivity index (χ2n) is 10.6. The van der Waals surface area contributed by atoms with Crippen LogP contribution in [-0.4, -0.2) is 19.3 Å². The highest BCUT2D eigenvalue weighted by Crippen LogP contribution is 2.60. The van der Waals surface area contributed by atoms with E-state index in [-0.39, 0.29) is 0 Å². The standard InChI is InChI=1S/C28H34N2/c1-2-12-30(13-3-1)27-10-4-21(5-11-27)20-29-26-8-6-25(7-9-26)28-17-22-14-23(18-28)16-24(15-22)19-28/h4-11,20,22-24H,1-3,12-19H2.